The van der Waals surface area contributed by atoms with E-state index in [4.69, 9.17) is 4.74 Å². The molecule has 0 unspecified atom stereocenters. The Hall–Kier alpha value is -1.88. The Bertz CT molecular complexity index is 728. The van der Waals surface area contributed by atoms with Crippen molar-refractivity contribution in [3.63, 3.8) is 0 Å². The SMILES string of the molecule is Cc1cc(C)n2ccc(C(=O)NC3CCC(OC(C)C)CC3)c2n1. The monoisotopic (exact) mass is 329 g/mol. The zero-order valence-electron chi connectivity index (χ0n) is 15.0. The number of hydrogen-bond donors (Lipinski definition) is 1. The molecule has 0 aromatic carbocycles. The van der Waals surface area contributed by atoms with Crippen LogP contribution in [0.5, 0.6) is 0 Å². The summed E-state index contributed by atoms with van der Waals surface area (Å²) in [6.07, 6.45) is 6.48. The molecule has 3 rings (SSSR count). The highest BCUT2D eigenvalue weighted by atomic mass is 16.5. The number of rotatable bonds is 4. The highest BCUT2D eigenvalue weighted by Crippen LogP contribution is 2.23. The van der Waals surface area contributed by atoms with Gasteiger partial charge in [-0.15, -0.1) is 0 Å². The fourth-order valence-corrected chi connectivity index (χ4v) is 3.56. The van der Waals surface area contributed by atoms with Gasteiger partial charge in [-0.05, 0) is 65.5 Å². The molecule has 2 aromatic rings. The third-order valence-electron chi connectivity index (χ3n) is 4.66. The van der Waals surface area contributed by atoms with Crippen LogP contribution in [0.4, 0.5) is 0 Å². The second-order valence-corrected chi connectivity index (χ2v) is 7.09. The molecule has 0 aliphatic heterocycles. The topological polar surface area (TPSA) is 55.6 Å². The van der Waals surface area contributed by atoms with Crippen molar-refractivity contribution in [3.05, 3.63) is 35.3 Å². The summed E-state index contributed by atoms with van der Waals surface area (Å²) in [5.41, 5.74) is 3.41. The summed E-state index contributed by atoms with van der Waals surface area (Å²) >= 11 is 0. The smallest absolute Gasteiger partial charge is 0.255 e. The number of fused-ring (bicyclic) bond motifs is 1. The number of aromatic nitrogens is 2. The molecule has 1 aliphatic carbocycles. The van der Waals surface area contributed by atoms with Gasteiger partial charge in [-0.3, -0.25) is 4.79 Å². The number of ether oxygens (including phenoxy) is 1. The van der Waals surface area contributed by atoms with E-state index in [0.717, 1.165) is 42.7 Å². The normalized spacial score (nSPS) is 21.4. The van der Waals surface area contributed by atoms with Crippen molar-refractivity contribution >= 4 is 11.6 Å². The van der Waals surface area contributed by atoms with E-state index in [0.29, 0.717) is 11.7 Å². The first-order valence-corrected chi connectivity index (χ1v) is 8.85. The lowest BCUT2D eigenvalue weighted by Gasteiger charge is -2.30. The lowest BCUT2D eigenvalue weighted by molar-refractivity contribution is -0.0159. The summed E-state index contributed by atoms with van der Waals surface area (Å²) in [5.74, 6) is -0.0248. The van der Waals surface area contributed by atoms with E-state index in [1.165, 1.54) is 0 Å². The Balaban J connectivity index is 1.66. The van der Waals surface area contributed by atoms with Crippen molar-refractivity contribution in [2.24, 2.45) is 0 Å². The number of aryl methyl sites for hydroxylation is 2. The molecule has 0 atom stereocenters. The highest BCUT2D eigenvalue weighted by molar-refractivity contribution is 6.00. The summed E-state index contributed by atoms with van der Waals surface area (Å²) < 4.78 is 7.84. The van der Waals surface area contributed by atoms with E-state index in [9.17, 15) is 4.79 Å². The average Bonchev–Trinajstić information content (AvgIpc) is 2.93. The molecule has 5 nitrogen and oxygen atoms in total. The standard InChI is InChI=1S/C19H27N3O2/c1-12(2)24-16-7-5-15(6-8-16)21-19(23)17-9-10-22-14(4)11-13(3)20-18(17)22/h9-12,15-16H,5-8H2,1-4H3,(H,21,23). The first-order valence-electron chi connectivity index (χ1n) is 8.85. The first-order chi connectivity index (χ1) is 11.4. The lowest BCUT2D eigenvalue weighted by Crippen LogP contribution is -2.39. The summed E-state index contributed by atoms with van der Waals surface area (Å²) in [7, 11) is 0. The second-order valence-electron chi connectivity index (χ2n) is 7.09. The van der Waals surface area contributed by atoms with Crippen LogP contribution in [0.2, 0.25) is 0 Å². The van der Waals surface area contributed by atoms with Gasteiger partial charge in [0.25, 0.3) is 5.91 Å². The molecule has 1 fully saturated rings. The lowest BCUT2D eigenvalue weighted by atomic mass is 9.92. The fraction of sp³-hybridized carbons (Fsp3) is 0.579. The zero-order valence-corrected chi connectivity index (χ0v) is 15.0. The van der Waals surface area contributed by atoms with Gasteiger partial charge < -0.3 is 14.5 Å². The molecule has 130 valence electrons. The van der Waals surface area contributed by atoms with Gasteiger partial charge in [0.1, 0.15) is 5.65 Å². The maximum Gasteiger partial charge on any atom is 0.255 e. The summed E-state index contributed by atoms with van der Waals surface area (Å²) in [5, 5.41) is 3.18. The summed E-state index contributed by atoms with van der Waals surface area (Å²) in [6, 6.07) is 4.10. The molecule has 1 amide bonds. The molecule has 0 radical (unpaired) electrons. The molecule has 2 aromatic heterocycles. The predicted molar refractivity (Wildman–Crippen MR) is 94.4 cm³/mol. The minimum atomic E-state index is -0.0248. The molecule has 1 saturated carbocycles. The van der Waals surface area contributed by atoms with Gasteiger partial charge in [-0.1, -0.05) is 0 Å². The average molecular weight is 329 g/mol. The summed E-state index contributed by atoms with van der Waals surface area (Å²) in [6.45, 7) is 8.13. The highest BCUT2D eigenvalue weighted by Gasteiger charge is 2.24. The first kappa shape index (κ1) is 17.0. The maximum absolute atomic E-state index is 12.7. The van der Waals surface area contributed by atoms with Gasteiger partial charge in [-0.2, -0.15) is 0 Å². The quantitative estimate of drug-likeness (QED) is 0.935. The van der Waals surface area contributed by atoms with Crippen molar-refractivity contribution in [2.75, 3.05) is 0 Å². The van der Waals surface area contributed by atoms with E-state index >= 15 is 0 Å². The Morgan fingerprint density at radius 2 is 2.00 bits per heavy atom. The molecule has 1 aliphatic rings. The number of nitrogens with zero attached hydrogens (tertiary/aromatic N) is 2. The second kappa shape index (κ2) is 6.93. The Kier molecular flexibility index (Phi) is 4.90. The molecule has 2 heterocycles. The van der Waals surface area contributed by atoms with Crippen LogP contribution in [0.15, 0.2) is 18.3 Å². The number of nitrogens with one attached hydrogen (secondary N) is 1. The summed E-state index contributed by atoms with van der Waals surface area (Å²) in [4.78, 5) is 17.2. The zero-order chi connectivity index (χ0) is 17.3. The number of hydrogen-bond acceptors (Lipinski definition) is 3. The van der Waals surface area contributed by atoms with Gasteiger partial charge in [-0.25, -0.2) is 4.98 Å². The Labute approximate surface area is 143 Å². The van der Waals surface area contributed by atoms with Crippen LogP contribution in [0.3, 0.4) is 0 Å². The Morgan fingerprint density at radius 1 is 1.29 bits per heavy atom. The molecule has 5 heteroatoms. The van der Waals surface area contributed by atoms with Gasteiger partial charge in [0.15, 0.2) is 0 Å². The minimum Gasteiger partial charge on any atom is -0.376 e. The van der Waals surface area contributed by atoms with E-state index in [1.807, 2.05) is 36.6 Å². The van der Waals surface area contributed by atoms with Gasteiger partial charge >= 0.3 is 0 Å². The third-order valence-corrected chi connectivity index (χ3v) is 4.66. The molecular weight excluding hydrogens is 302 g/mol. The van der Waals surface area contributed by atoms with E-state index in [-0.39, 0.29) is 18.1 Å². The fourth-order valence-electron chi connectivity index (χ4n) is 3.56. The largest absolute Gasteiger partial charge is 0.376 e. The van der Waals surface area contributed by atoms with Crippen LogP contribution < -0.4 is 5.32 Å². The molecular formula is C19H27N3O2. The van der Waals surface area contributed by atoms with Crippen LogP contribution in [0, 0.1) is 13.8 Å². The van der Waals surface area contributed by atoms with Gasteiger partial charge in [0, 0.05) is 23.6 Å². The number of amides is 1. The minimum absolute atomic E-state index is 0.0248. The molecule has 0 saturated heterocycles. The van der Waals surface area contributed by atoms with Crippen molar-refractivity contribution in [1.29, 1.82) is 0 Å². The number of carbonyl (C=O) groups excluding carboxylic acids is 1. The predicted octanol–water partition coefficient (Wildman–Crippen LogP) is 3.42. The number of carbonyl (C=O) groups is 1. The molecule has 0 bridgehead atoms. The van der Waals surface area contributed by atoms with Gasteiger partial charge in [0.05, 0.1) is 17.8 Å². The molecule has 24 heavy (non-hydrogen) atoms. The van der Waals surface area contributed by atoms with E-state index in [2.05, 4.69) is 24.1 Å². The third kappa shape index (κ3) is 3.61. The molecule has 0 spiro atoms. The van der Waals surface area contributed by atoms with Crippen molar-refractivity contribution in [1.82, 2.24) is 14.7 Å². The van der Waals surface area contributed by atoms with E-state index in [1.54, 1.807) is 0 Å². The van der Waals surface area contributed by atoms with Crippen LogP contribution >= 0.6 is 0 Å². The molecule has 1 N–H and O–H groups in total. The van der Waals surface area contributed by atoms with Gasteiger partial charge in [0.2, 0.25) is 0 Å². The van der Waals surface area contributed by atoms with Crippen molar-refractivity contribution in [2.45, 2.75) is 71.6 Å². The van der Waals surface area contributed by atoms with Crippen LogP contribution in [0.25, 0.3) is 5.65 Å². The van der Waals surface area contributed by atoms with Crippen LogP contribution in [-0.4, -0.2) is 33.5 Å². The maximum atomic E-state index is 12.7. The van der Waals surface area contributed by atoms with Crippen molar-refractivity contribution in [3.8, 4) is 0 Å². The van der Waals surface area contributed by atoms with E-state index < -0.39 is 0 Å². The van der Waals surface area contributed by atoms with Crippen LogP contribution in [-0.2, 0) is 4.74 Å². The Morgan fingerprint density at radius 3 is 2.67 bits per heavy atom. The van der Waals surface area contributed by atoms with Crippen LogP contribution in [0.1, 0.15) is 61.3 Å². The van der Waals surface area contributed by atoms with Crippen molar-refractivity contribution < 1.29 is 9.53 Å².